The standard InChI is InChI=1S/C19H10Cl4O5/c1-19(2)11-5-7(15(20)24)3-9(17(22)26)13(11)28-14-10(18(23)27)4-8(16(21)25)6-12(14)19/h3-6H,1-2H3. The molecule has 28 heavy (non-hydrogen) atoms. The molecule has 0 fully saturated rings. The van der Waals surface area contributed by atoms with Gasteiger partial charge in [-0.2, -0.15) is 0 Å². The van der Waals surface area contributed by atoms with Gasteiger partial charge in [0.15, 0.2) is 0 Å². The van der Waals surface area contributed by atoms with Crippen molar-refractivity contribution in [2.24, 2.45) is 0 Å². The number of carbonyl (C=O) groups is 4. The van der Waals surface area contributed by atoms with Crippen LogP contribution in [-0.4, -0.2) is 21.0 Å². The Balaban J connectivity index is 2.41. The molecule has 0 radical (unpaired) electrons. The van der Waals surface area contributed by atoms with Gasteiger partial charge in [0.05, 0.1) is 11.1 Å². The molecule has 0 unspecified atom stereocenters. The highest BCUT2D eigenvalue weighted by Gasteiger charge is 2.39. The van der Waals surface area contributed by atoms with Gasteiger partial charge in [0.2, 0.25) is 0 Å². The van der Waals surface area contributed by atoms with Crippen molar-refractivity contribution in [3.63, 3.8) is 0 Å². The quantitative estimate of drug-likeness (QED) is 0.553. The number of benzene rings is 2. The smallest absolute Gasteiger partial charge is 0.256 e. The number of halogens is 4. The van der Waals surface area contributed by atoms with E-state index >= 15 is 0 Å². The fraction of sp³-hybridized carbons (Fsp3) is 0.158. The zero-order valence-corrected chi connectivity index (χ0v) is 17.4. The molecular weight excluding hydrogens is 450 g/mol. The molecule has 5 nitrogen and oxygen atoms in total. The topological polar surface area (TPSA) is 77.5 Å². The summed E-state index contributed by atoms with van der Waals surface area (Å²) in [5.41, 5.74) is -0.175. The average molecular weight is 460 g/mol. The molecule has 0 N–H and O–H groups in total. The summed E-state index contributed by atoms with van der Waals surface area (Å²) in [4.78, 5) is 47.3. The molecule has 0 aliphatic carbocycles. The summed E-state index contributed by atoms with van der Waals surface area (Å²) in [6.07, 6.45) is 0. The Morgan fingerprint density at radius 2 is 1.04 bits per heavy atom. The molecule has 144 valence electrons. The van der Waals surface area contributed by atoms with E-state index in [1.54, 1.807) is 13.8 Å². The van der Waals surface area contributed by atoms with Crippen molar-refractivity contribution in [1.29, 1.82) is 0 Å². The van der Waals surface area contributed by atoms with Gasteiger partial charge in [0.1, 0.15) is 11.5 Å². The second-order valence-electron chi connectivity index (χ2n) is 6.62. The van der Waals surface area contributed by atoms with Crippen LogP contribution < -0.4 is 4.74 Å². The second-order valence-corrected chi connectivity index (χ2v) is 8.00. The predicted molar refractivity (Wildman–Crippen MR) is 106 cm³/mol. The summed E-state index contributed by atoms with van der Waals surface area (Å²) in [5, 5.41) is -3.32. The molecule has 9 heteroatoms. The lowest BCUT2D eigenvalue weighted by Crippen LogP contribution is -2.27. The maximum Gasteiger partial charge on any atom is 0.256 e. The molecule has 0 bridgehead atoms. The van der Waals surface area contributed by atoms with Gasteiger partial charge < -0.3 is 4.74 Å². The summed E-state index contributed by atoms with van der Waals surface area (Å²) in [6, 6.07) is 5.36. The highest BCUT2D eigenvalue weighted by atomic mass is 35.5. The summed E-state index contributed by atoms with van der Waals surface area (Å²) >= 11 is 22.5. The van der Waals surface area contributed by atoms with Crippen LogP contribution in [0.15, 0.2) is 24.3 Å². The lowest BCUT2D eigenvalue weighted by Gasteiger charge is -2.36. The van der Waals surface area contributed by atoms with Crippen LogP contribution in [0.25, 0.3) is 0 Å². The van der Waals surface area contributed by atoms with Gasteiger partial charge in [-0.15, -0.1) is 0 Å². The lowest BCUT2D eigenvalue weighted by molar-refractivity contribution is 0.106. The average Bonchev–Trinajstić information content (AvgIpc) is 2.59. The molecule has 0 spiro atoms. The number of carbonyl (C=O) groups excluding carboxylic acids is 4. The van der Waals surface area contributed by atoms with E-state index in [0.717, 1.165) is 0 Å². The Hall–Kier alpha value is -1.92. The van der Waals surface area contributed by atoms with Crippen molar-refractivity contribution in [2.45, 2.75) is 19.3 Å². The molecule has 1 aliphatic rings. The van der Waals surface area contributed by atoms with Gasteiger partial charge in [0, 0.05) is 27.7 Å². The monoisotopic (exact) mass is 458 g/mol. The predicted octanol–water partition coefficient (Wildman–Crippen LogP) is 5.63. The first kappa shape index (κ1) is 20.8. The van der Waals surface area contributed by atoms with Gasteiger partial charge in [-0.1, -0.05) is 13.8 Å². The van der Waals surface area contributed by atoms with Crippen molar-refractivity contribution in [2.75, 3.05) is 0 Å². The van der Waals surface area contributed by atoms with Crippen LogP contribution in [-0.2, 0) is 5.41 Å². The van der Waals surface area contributed by atoms with E-state index in [1.807, 2.05) is 0 Å². The fourth-order valence-electron chi connectivity index (χ4n) is 3.17. The molecular formula is C19H10Cl4O5. The minimum absolute atomic E-state index is 0.0442. The summed E-state index contributed by atoms with van der Waals surface area (Å²) in [5.74, 6) is 0.145. The molecule has 0 saturated carbocycles. The SMILES string of the molecule is CC1(C)c2cc(C(=O)Cl)cc(C(=O)Cl)c2Oc2c(C(=O)Cl)cc(C(=O)Cl)cc21. The van der Waals surface area contributed by atoms with Gasteiger partial charge in [-0.3, -0.25) is 19.2 Å². The molecule has 1 aliphatic heterocycles. The van der Waals surface area contributed by atoms with Gasteiger partial charge in [-0.25, -0.2) is 0 Å². The number of ether oxygens (including phenoxy) is 1. The first-order valence-corrected chi connectivity index (χ1v) is 9.30. The molecule has 0 amide bonds. The zero-order chi connectivity index (χ0) is 21.0. The van der Waals surface area contributed by atoms with Crippen LogP contribution in [0.3, 0.4) is 0 Å². The van der Waals surface area contributed by atoms with E-state index in [1.165, 1.54) is 24.3 Å². The number of hydrogen-bond acceptors (Lipinski definition) is 5. The van der Waals surface area contributed by atoms with Crippen LogP contribution in [0, 0.1) is 0 Å². The first-order valence-electron chi connectivity index (χ1n) is 7.79. The van der Waals surface area contributed by atoms with Crippen LogP contribution >= 0.6 is 46.4 Å². The highest BCUT2D eigenvalue weighted by molar-refractivity contribution is 6.70. The van der Waals surface area contributed by atoms with Crippen LogP contribution in [0.4, 0.5) is 0 Å². The lowest BCUT2D eigenvalue weighted by atomic mass is 9.73. The normalized spacial score (nSPS) is 13.8. The van der Waals surface area contributed by atoms with E-state index in [9.17, 15) is 19.2 Å². The molecule has 3 rings (SSSR count). The number of fused-ring (bicyclic) bond motifs is 2. The van der Waals surface area contributed by atoms with Crippen LogP contribution in [0.5, 0.6) is 11.5 Å². The fourth-order valence-corrected chi connectivity index (χ4v) is 3.67. The molecule has 2 aromatic rings. The molecule has 0 atom stereocenters. The third-order valence-electron chi connectivity index (χ3n) is 4.61. The van der Waals surface area contributed by atoms with Crippen LogP contribution in [0.1, 0.15) is 66.4 Å². The summed E-state index contributed by atoms with van der Waals surface area (Å²) in [7, 11) is 0. The Labute approximate surface area is 179 Å². The summed E-state index contributed by atoms with van der Waals surface area (Å²) in [6.45, 7) is 3.51. The molecule has 0 aromatic heterocycles. The largest absolute Gasteiger partial charge is 0.455 e. The van der Waals surface area contributed by atoms with E-state index in [-0.39, 0.29) is 33.8 Å². The van der Waals surface area contributed by atoms with E-state index in [0.29, 0.717) is 11.1 Å². The second kappa shape index (κ2) is 7.16. The third-order valence-corrected chi connectivity index (χ3v) is 5.45. The molecule has 0 saturated heterocycles. The minimum atomic E-state index is -0.921. The van der Waals surface area contributed by atoms with Crippen molar-refractivity contribution >= 4 is 67.4 Å². The first-order chi connectivity index (χ1) is 12.9. The maximum absolute atomic E-state index is 12.0. The maximum atomic E-state index is 12.0. The third kappa shape index (κ3) is 3.33. The highest BCUT2D eigenvalue weighted by Crippen LogP contribution is 2.51. The van der Waals surface area contributed by atoms with Crippen molar-refractivity contribution in [1.82, 2.24) is 0 Å². The Bertz CT molecular complexity index is 1000. The van der Waals surface area contributed by atoms with Crippen molar-refractivity contribution < 1.29 is 23.9 Å². The minimum Gasteiger partial charge on any atom is -0.455 e. The molecule has 1 heterocycles. The van der Waals surface area contributed by atoms with Gasteiger partial charge >= 0.3 is 0 Å². The van der Waals surface area contributed by atoms with Gasteiger partial charge in [-0.05, 0) is 70.7 Å². The van der Waals surface area contributed by atoms with Crippen LogP contribution in [0.2, 0.25) is 0 Å². The Morgan fingerprint density at radius 3 is 1.32 bits per heavy atom. The molecule has 2 aromatic carbocycles. The van der Waals surface area contributed by atoms with E-state index in [2.05, 4.69) is 0 Å². The number of hydrogen-bond donors (Lipinski definition) is 0. The van der Waals surface area contributed by atoms with Gasteiger partial charge in [0.25, 0.3) is 21.0 Å². The number of rotatable bonds is 4. The van der Waals surface area contributed by atoms with E-state index in [4.69, 9.17) is 51.1 Å². The van der Waals surface area contributed by atoms with Crippen molar-refractivity contribution in [3.8, 4) is 11.5 Å². The summed E-state index contributed by atoms with van der Waals surface area (Å²) < 4.78 is 5.85. The Kier molecular flexibility index (Phi) is 5.32. The zero-order valence-electron chi connectivity index (χ0n) is 14.4. The Morgan fingerprint density at radius 1 is 0.679 bits per heavy atom. The van der Waals surface area contributed by atoms with Crippen molar-refractivity contribution in [3.05, 3.63) is 57.6 Å². The van der Waals surface area contributed by atoms with E-state index < -0.39 is 26.4 Å².